The van der Waals surface area contributed by atoms with E-state index in [1.165, 1.54) is 0 Å². The van der Waals surface area contributed by atoms with Gasteiger partial charge >= 0.3 is 5.97 Å². The molecule has 0 unspecified atom stereocenters. The third-order valence-corrected chi connectivity index (χ3v) is 3.21. The SMILES string of the molecule is Cc1cccc(C)c1NC(=O)C[C@@H](NCC(C)C)C(=O)O. The molecule has 0 saturated heterocycles. The molecule has 1 aromatic rings. The average Bonchev–Trinajstić information content (AvgIpc) is 2.38. The maximum atomic E-state index is 12.1. The van der Waals surface area contributed by atoms with Crippen LogP contribution in [-0.2, 0) is 9.59 Å². The van der Waals surface area contributed by atoms with E-state index in [-0.39, 0.29) is 12.3 Å². The lowest BCUT2D eigenvalue weighted by Gasteiger charge is -2.17. The number of para-hydroxylation sites is 1. The Bertz CT molecular complexity index is 492. The van der Waals surface area contributed by atoms with Gasteiger partial charge in [-0.15, -0.1) is 0 Å². The number of aliphatic carboxylic acids is 1. The molecule has 0 aromatic heterocycles. The molecule has 1 amide bonds. The minimum Gasteiger partial charge on any atom is -0.480 e. The van der Waals surface area contributed by atoms with E-state index in [1.807, 2.05) is 45.9 Å². The van der Waals surface area contributed by atoms with Crippen LogP contribution in [0.5, 0.6) is 0 Å². The Balaban J connectivity index is 2.68. The van der Waals surface area contributed by atoms with Crippen molar-refractivity contribution in [2.75, 3.05) is 11.9 Å². The fourth-order valence-electron chi connectivity index (χ4n) is 2.01. The number of benzene rings is 1. The van der Waals surface area contributed by atoms with Crippen molar-refractivity contribution in [3.8, 4) is 0 Å². The van der Waals surface area contributed by atoms with Crippen LogP contribution in [0.3, 0.4) is 0 Å². The summed E-state index contributed by atoms with van der Waals surface area (Å²) in [6.07, 6.45) is -0.0875. The second-order valence-corrected chi connectivity index (χ2v) is 5.71. The van der Waals surface area contributed by atoms with Gasteiger partial charge in [0.1, 0.15) is 6.04 Å². The van der Waals surface area contributed by atoms with E-state index in [0.717, 1.165) is 16.8 Å². The lowest BCUT2D eigenvalue weighted by atomic mass is 10.1. The lowest BCUT2D eigenvalue weighted by Crippen LogP contribution is -2.41. The van der Waals surface area contributed by atoms with Gasteiger partial charge in [-0.1, -0.05) is 32.0 Å². The van der Waals surface area contributed by atoms with Gasteiger partial charge in [0.15, 0.2) is 0 Å². The quantitative estimate of drug-likeness (QED) is 0.720. The zero-order chi connectivity index (χ0) is 16.0. The highest BCUT2D eigenvalue weighted by Crippen LogP contribution is 2.19. The number of hydrogen-bond acceptors (Lipinski definition) is 3. The van der Waals surface area contributed by atoms with E-state index in [0.29, 0.717) is 12.5 Å². The molecular formula is C16H24N2O3. The predicted octanol–water partition coefficient (Wildman–Crippen LogP) is 2.33. The highest BCUT2D eigenvalue weighted by molar-refractivity contribution is 5.95. The summed E-state index contributed by atoms with van der Waals surface area (Å²) in [5, 5.41) is 14.9. The van der Waals surface area contributed by atoms with E-state index in [9.17, 15) is 9.59 Å². The zero-order valence-corrected chi connectivity index (χ0v) is 13.1. The molecule has 0 bridgehead atoms. The largest absolute Gasteiger partial charge is 0.480 e. The summed E-state index contributed by atoms with van der Waals surface area (Å²) in [6, 6.07) is 4.88. The molecule has 0 fully saturated rings. The van der Waals surface area contributed by atoms with Gasteiger partial charge in [-0.05, 0) is 37.4 Å². The number of nitrogens with one attached hydrogen (secondary N) is 2. The molecule has 0 aliphatic rings. The molecule has 1 rings (SSSR count). The van der Waals surface area contributed by atoms with Crippen LogP contribution in [-0.4, -0.2) is 29.6 Å². The van der Waals surface area contributed by atoms with Crippen LogP contribution >= 0.6 is 0 Å². The molecule has 0 radical (unpaired) electrons. The molecule has 0 saturated carbocycles. The Kier molecular flexibility index (Phi) is 6.37. The van der Waals surface area contributed by atoms with Crippen LogP contribution in [0.4, 0.5) is 5.69 Å². The van der Waals surface area contributed by atoms with Crippen molar-refractivity contribution in [2.45, 2.75) is 40.2 Å². The minimum atomic E-state index is -1.01. The smallest absolute Gasteiger partial charge is 0.321 e. The normalized spacial score (nSPS) is 12.2. The summed E-state index contributed by atoms with van der Waals surface area (Å²) in [7, 11) is 0. The van der Waals surface area contributed by atoms with Crippen molar-refractivity contribution in [1.82, 2.24) is 5.32 Å². The first-order valence-electron chi connectivity index (χ1n) is 7.13. The van der Waals surface area contributed by atoms with E-state index in [2.05, 4.69) is 10.6 Å². The van der Waals surface area contributed by atoms with Gasteiger partial charge in [0.05, 0.1) is 6.42 Å². The minimum absolute atomic E-state index is 0.0875. The van der Waals surface area contributed by atoms with Gasteiger partial charge in [-0.3, -0.25) is 9.59 Å². The van der Waals surface area contributed by atoms with E-state index in [1.54, 1.807) is 0 Å². The van der Waals surface area contributed by atoms with Crippen molar-refractivity contribution < 1.29 is 14.7 Å². The first-order valence-corrected chi connectivity index (χ1v) is 7.13. The van der Waals surface area contributed by atoms with Crippen molar-refractivity contribution in [1.29, 1.82) is 0 Å². The summed E-state index contributed by atoms with van der Waals surface area (Å²) in [5.74, 6) is -0.975. The summed E-state index contributed by atoms with van der Waals surface area (Å²) < 4.78 is 0. The van der Waals surface area contributed by atoms with Crippen LogP contribution in [0.1, 0.15) is 31.4 Å². The number of carboxylic acids is 1. The first-order chi connectivity index (χ1) is 9.81. The fourth-order valence-corrected chi connectivity index (χ4v) is 2.01. The molecule has 1 aromatic carbocycles. The van der Waals surface area contributed by atoms with E-state index in [4.69, 9.17) is 5.11 Å². The monoisotopic (exact) mass is 292 g/mol. The van der Waals surface area contributed by atoms with Crippen LogP contribution in [0.25, 0.3) is 0 Å². The maximum absolute atomic E-state index is 12.1. The molecule has 21 heavy (non-hydrogen) atoms. The molecule has 0 spiro atoms. The van der Waals surface area contributed by atoms with Crippen LogP contribution in [0.2, 0.25) is 0 Å². The summed E-state index contributed by atoms with van der Waals surface area (Å²) >= 11 is 0. The number of rotatable bonds is 7. The topological polar surface area (TPSA) is 78.4 Å². The second kappa shape index (κ2) is 7.78. The van der Waals surface area contributed by atoms with Gasteiger partial charge in [0.2, 0.25) is 5.91 Å². The highest BCUT2D eigenvalue weighted by Gasteiger charge is 2.21. The molecular weight excluding hydrogens is 268 g/mol. The van der Waals surface area contributed by atoms with E-state index >= 15 is 0 Å². The third kappa shape index (κ3) is 5.55. The van der Waals surface area contributed by atoms with Gasteiger partial charge in [0, 0.05) is 5.69 Å². The Morgan fingerprint density at radius 2 is 1.76 bits per heavy atom. The summed E-state index contributed by atoms with van der Waals surface area (Å²) in [5.41, 5.74) is 2.69. The number of carbonyl (C=O) groups is 2. The summed E-state index contributed by atoms with van der Waals surface area (Å²) in [6.45, 7) is 8.36. The van der Waals surface area contributed by atoms with Crippen LogP contribution < -0.4 is 10.6 Å². The highest BCUT2D eigenvalue weighted by atomic mass is 16.4. The summed E-state index contributed by atoms with van der Waals surface area (Å²) in [4.78, 5) is 23.3. The predicted molar refractivity (Wildman–Crippen MR) is 83.4 cm³/mol. The maximum Gasteiger partial charge on any atom is 0.321 e. The van der Waals surface area contributed by atoms with Crippen LogP contribution in [0.15, 0.2) is 18.2 Å². The second-order valence-electron chi connectivity index (χ2n) is 5.71. The number of carboxylic acid groups (broad SMARTS) is 1. The van der Waals surface area contributed by atoms with Crippen molar-refractivity contribution in [2.24, 2.45) is 5.92 Å². The number of anilines is 1. The zero-order valence-electron chi connectivity index (χ0n) is 13.1. The third-order valence-electron chi connectivity index (χ3n) is 3.21. The Morgan fingerprint density at radius 3 is 2.24 bits per heavy atom. The van der Waals surface area contributed by atoms with Gasteiger partial charge in [-0.25, -0.2) is 0 Å². The van der Waals surface area contributed by atoms with Crippen molar-refractivity contribution >= 4 is 17.6 Å². The number of amides is 1. The number of hydrogen-bond donors (Lipinski definition) is 3. The first kappa shape index (κ1) is 17.2. The Morgan fingerprint density at radius 1 is 1.19 bits per heavy atom. The van der Waals surface area contributed by atoms with Gasteiger partial charge in [-0.2, -0.15) is 0 Å². The van der Waals surface area contributed by atoms with Crippen molar-refractivity contribution in [3.05, 3.63) is 29.3 Å². The molecule has 5 heteroatoms. The Hall–Kier alpha value is -1.88. The molecule has 116 valence electrons. The average molecular weight is 292 g/mol. The molecule has 0 heterocycles. The number of carbonyl (C=O) groups excluding carboxylic acids is 1. The van der Waals surface area contributed by atoms with Crippen molar-refractivity contribution in [3.63, 3.8) is 0 Å². The number of aryl methyl sites for hydroxylation is 2. The Labute approximate surface area is 125 Å². The van der Waals surface area contributed by atoms with E-state index < -0.39 is 12.0 Å². The molecule has 0 aliphatic carbocycles. The fraction of sp³-hybridized carbons (Fsp3) is 0.500. The van der Waals surface area contributed by atoms with Gasteiger partial charge in [0.25, 0.3) is 0 Å². The lowest BCUT2D eigenvalue weighted by molar-refractivity contribution is -0.141. The molecule has 0 aliphatic heterocycles. The molecule has 3 N–H and O–H groups in total. The molecule has 1 atom stereocenters. The van der Waals surface area contributed by atoms with Gasteiger partial charge < -0.3 is 15.7 Å². The standard InChI is InChI=1S/C16H24N2O3/c1-10(2)9-17-13(16(20)21)8-14(19)18-15-11(3)6-5-7-12(15)4/h5-7,10,13,17H,8-9H2,1-4H3,(H,18,19)(H,20,21)/t13-/m1/s1. The van der Waals surface area contributed by atoms with Crippen LogP contribution in [0, 0.1) is 19.8 Å². The molecule has 5 nitrogen and oxygen atoms in total.